The SMILES string of the molecule is Cn1c2ccccc2c2ccc(CCOc3cc(Cn4cccn4)ccc3CCC(=O)O)cc21. The molecule has 0 saturated heterocycles. The van der Waals surface area contributed by atoms with E-state index in [4.69, 9.17) is 9.84 Å². The third kappa shape index (κ3) is 4.53. The molecule has 6 nitrogen and oxygen atoms in total. The number of aromatic nitrogens is 3. The second-order valence-corrected chi connectivity index (χ2v) is 8.57. The number of fused-ring (bicyclic) bond motifs is 3. The Morgan fingerprint density at radius 2 is 1.76 bits per heavy atom. The first kappa shape index (κ1) is 21.8. The van der Waals surface area contributed by atoms with Crippen LogP contribution in [-0.2, 0) is 31.2 Å². The van der Waals surface area contributed by atoms with Crippen LogP contribution in [0, 0.1) is 0 Å². The molecule has 1 N–H and O–H groups in total. The molecule has 5 aromatic rings. The van der Waals surface area contributed by atoms with E-state index in [1.807, 2.05) is 35.1 Å². The summed E-state index contributed by atoms with van der Waals surface area (Å²) < 4.78 is 10.3. The van der Waals surface area contributed by atoms with Crippen molar-refractivity contribution in [2.24, 2.45) is 7.05 Å². The second-order valence-electron chi connectivity index (χ2n) is 8.57. The Balaban J connectivity index is 1.33. The van der Waals surface area contributed by atoms with Crippen LogP contribution in [0.25, 0.3) is 21.8 Å². The average Bonchev–Trinajstić information content (AvgIpc) is 3.45. The monoisotopic (exact) mass is 453 g/mol. The van der Waals surface area contributed by atoms with Crippen LogP contribution in [0.2, 0.25) is 0 Å². The Kier molecular flexibility index (Phi) is 6.04. The van der Waals surface area contributed by atoms with Gasteiger partial charge in [0.15, 0.2) is 0 Å². The summed E-state index contributed by atoms with van der Waals surface area (Å²) in [7, 11) is 2.10. The van der Waals surface area contributed by atoms with Gasteiger partial charge >= 0.3 is 5.97 Å². The molecule has 3 aromatic carbocycles. The Bertz CT molecular complexity index is 1450. The van der Waals surface area contributed by atoms with E-state index in [0.29, 0.717) is 19.6 Å². The molecule has 34 heavy (non-hydrogen) atoms. The number of nitrogens with zero attached hydrogens (tertiary/aromatic N) is 3. The Morgan fingerprint density at radius 1 is 0.941 bits per heavy atom. The van der Waals surface area contributed by atoms with Crippen molar-refractivity contribution in [2.45, 2.75) is 25.8 Å². The first-order chi connectivity index (χ1) is 16.6. The summed E-state index contributed by atoms with van der Waals surface area (Å²) in [4.78, 5) is 11.1. The van der Waals surface area contributed by atoms with Gasteiger partial charge in [-0.1, -0.05) is 42.5 Å². The number of aliphatic carboxylic acids is 1. The molecule has 0 bridgehead atoms. The third-order valence-electron chi connectivity index (χ3n) is 6.27. The number of carboxylic acids is 1. The fraction of sp³-hybridized carbons (Fsp3) is 0.214. The maximum atomic E-state index is 11.1. The molecule has 2 heterocycles. The molecule has 6 heteroatoms. The number of aryl methyl sites for hydroxylation is 2. The lowest BCUT2D eigenvalue weighted by Crippen LogP contribution is -2.07. The topological polar surface area (TPSA) is 69.3 Å². The average molecular weight is 454 g/mol. The number of benzene rings is 3. The zero-order valence-corrected chi connectivity index (χ0v) is 19.1. The smallest absolute Gasteiger partial charge is 0.303 e. The quantitative estimate of drug-likeness (QED) is 0.332. The van der Waals surface area contributed by atoms with Crippen molar-refractivity contribution >= 4 is 27.8 Å². The molecule has 5 rings (SSSR count). The van der Waals surface area contributed by atoms with Gasteiger partial charge in [-0.2, -0.15) is 5.10 Å². The zero-order valence-electron chi connectivity index (χ0n) is 19.1. The molecule has 172 valence electrons. The van der Waals surface area contributed by atoms with Crippen molar-refractivity contribution in [3.05, 3.63) is 95.8 Å². The van der Waals surface area contributed by atoms with Gasteiger partial charge in [-0.15, -0.1) is 0 Å². The highest BCUT2D eigenvalue weighted by Gasteiger charge is 2.11. The van der Waals surface area contributed by atoms with Crippen LogP contribution in [-0.4, -0.2) is 32.0 Å². The van der Waals surface area contributed by atoms with Crippen LogP contribution in [0.1, 0.15) is 23.1 Å². The second kappa shape index (κ2) is 9.43. The van der Waals surface area contributed by atoms with Gasteiger partial charge < -0.3 is 14.4 Å². The number of carbonyl (C=O) groups is 1. The molecule has 0 unspecified atom stereocenters. The van der Waals surface area contributed by atoms with E-state index >= 15 is 0 Å². The molecule has 0 atom stereocenters. The van der Waals surface area contributed by atoms with E-state index < -0.39 is 5.97 Å². The van der Waals surface area contributed by atoms with Crippen LogP contribution in [0.3, 0.4) is 0 Å². The zero-order chi connectivity index (χ0) is 23.5. The normalized spacial score (nSPS) is 11.3. The molecule has 0 radical (unpaired) electrons. The van der Waals surface area contributed by atoms with Crippen molar-refractivity contribution in [2.75, 3.05) is 6.61 Å². The molecule has 0 fully saturated rings. The predicted molar refractivity (Wildman–Crippen MR) is 133 cm³/mol. The van der Waals surface area contributed by atoms with E-state index in [2.05, 4.69) is 59.2 Å². The van der Waals surface area contributed by atoms with Crippen LogP contribution in [0.5, 0.6) is 5.75 Å². The largest absolute Gasteiger partial charge is 0.493 e. The Labute approximate surface area is 198 Å². The van der Waals surface area contributed by atoms with Crippen LogP contribution in [0.15, 0.2) is 79.1 Å². The maximum absolute atomic E-state index is 11.1. The Hall–Kier alpha value is -4.06. The summed E-state index contributed by atoms with van der Waals surface area (Å²) in [5.74, 6) is -0.0635. The van der Waals surface area contributed by atoms with E-state index in [1.165, 1.54) is 27.4 Å². The fourth-order valence-corrected chi connectivity index (χ4v) is 4.50. The number of carboxylic acid groups (broad SMARTS) is 1. The molecule has 0 amide bonds. The number of rotatable bonds is 9. The van der Waals surface area contributed by atoms with Crippen molar-refractivity contribution < 1.29 is 14.6 Å². The van der Waals surface area contributed by atoms with E-state index in [9.17, 15) is 4.79 Å². The number of ether oxygens (including phenoxy) is 1. The lowest BCUT2D eigenvalue weighted by Gasteiger charge is -2.14. The van der Waals surface area contributed by atoms with Crippen LogP contribution >= 0.6 is 0 Å². The molecule has 0 saturated carbocycles. The summed E-state index contributed by atoms with van der Waals surface area (Å²) in [5, 5.41) is 15.9. The minimum atomic E-state index is -0.810. The lowest BCUT2D eigenvalue weighted by atomic mass is 10.1. The summed E-state index contributed by atoms with van der Waals surface area (Å²) >= 11 is 0. The fourth-order valence-electron chi connectivity index (χ4n) is 4.50. The Morgan fingerprint density at radius 3 is 2.59 bits per heavy atom. The highest BCUT2D eigenvalue weighted by atomic mass is 16.5. The number of hydrogen-bond acceptors (Lipinski definition) is 3. The lowest BCUT2D eigenvalue weighted by molar-refractivity contribution is -0.136. The summed E-state index contributed by atoms with van der Waals surface area (Å²) in [6, 6.07) is 22.9. The summed E-state index contributed by atoms with van der Waals surface area (Å²) in [6.07, 6.45) is 4.95. The van der Waals surface area contributed by atoms with Gasteiger partial charge in [0, 0.05) is 54.1 Å². The minimum Gasteiger partial charge on any atom is -0.493 e. The van der Waals surface area contributed by atoms with Crippen molar-refractivity contribution in [3.8, 4) is 5.75 Å². The molecule has 0 aliphatic heterocycles. The van der Waals surface area contributed by atoms with Crippen molar-refractivity contribution in [1.82, 2.24) is 14.3 Å². The predicted octanol–water partition coefficient (Wildman–Crippen LogP) is 5.22. The highest BCUT2D eigenvalue weighted by Crippen LogP contribution is 2.29. The van der Waals surface area contributed by atoms with Gasteiger partial charge in [0.2, 0.25) is 0 Å². The van der Waals surface area contributed by atoms with Gasteiger partial charge in [-0.3, -0.25) is 9.48 Å². The number of para-hydroxylation sites is 1. The van der Waals surface area contributed by atoms with Crippen LogP contribution in [0.4, 0.5) is 0 Å². The third-order valence-corrected chi connectivity index (χ3v) is 6.27. The van der Waals surface area contributed by atoms with Crippen molar-refractivity contribution in [3.63, 3.8) is 0 Å². The van der Waals surface area contributed by atoms with Gasteiger partial charge in [0.25, 0.3) is 0 Å². The first-order valence-electron chi connectivity index (χ1n) is 11.5. The summed E-state index contributed by atoms with van der Waals surface area (Å²) in [6.45, 7) is 1.15. The minimum absolute atomic E-state index is 0.0760. The molecule has 2 aromatic heterocycles. The highest BCUT2D eigenvalue weighted by molar-refractivity contribution is 6.08. The van der Waals surface area contributed by atoms with Crippen LogP contribution < -0.4 is 4.74 Å². The van der Waals surface area contributed by atoms with Gasteiger partial charge in [0.05, 0.1) is 13.2 Å². The first-order valence-corrected chi connectivity index (χ1v) is 11.5. The van der Waals surface area contributed by atoms with Gasteiger partial charge in [-0.25, -0.2) is 0 Å². The van der Waals surface area contributed by atoms with E-state index in [1.54, 1.807) is 6.20 Å². The van der Waals surface area contributed by atoms with Gasteiger partial charge in [-0.05, 0) is 47.4 Å². The molecular weight excluding hydrogens is 426 g/mol. The molecule has 0 aliphatic rings. The van der Waals surface area contributed by atoms with E-state index in [0.717, 1.165) is 23.3 Å². The summed E-state index contributed by atoms with van der Waals surface area (Å²) in [5.41, 5.74) is 5.62. The molecule has 0 spiro atoms. The van der Waals surface area contributed by atoms with Crippen molar-refractivity contribution in [1.29, 1.82) is 0 Å². The molecular formula is C28H27N3O3. The van der Waals surface area contributed by atoms with Gasteiger partial charge in [0.1, 0.15) is 5.75 Å². The molecule has 0 aliphatic carbocycles. The maximum Gasteiger partial charge on any atom is 0.303 e. The standard InChI is InChI=1S/C28H27N3O3/c1-30-25-6-3-2-5-23(25)24-11-8-20(17-26(24)30)13-16-34-27-18-21(19-31-15-4-14-29-31)7-9-22(27)10-12-28(32)33/h2-9,11,14-15,17-18H,10,12-13,16,19H2,1H3,(H,32,33). The number of hydrogen-bond donors (Lipinski definition) is 1. The van der Waals surface area contributed by atoms with E-state index in [-0.39, 0.29) is 6.42 Å².